The van der Waals surface area contributed by atoms with Crippen molar-refractivity contribution in [2.75, 3.05) is 11.9 Å². The summed E-state index contributed by atoms with van der Waals surface area (Å²) in [4.78, 5) is 6.31. The first kappa shape index (κ1) is 12.2. The van der Waals surface area contributed by atoms with Gasteiger partial charge in [-0.15, -0.1) is 0 Å². The monoisotopic (exact) mass is 252 g/mol. The molecule has 0 N–H and O–H groups in total. The second-order valence-corrected chi connectivity index (χ2v) is 5.43. The van der Waals surface area contributed by atoms with Gasteiger partial charge in [0.15, 0.2) is 0 Å². The minimum atomic E-state index is 0.826. The van der Waals surface area contributed by atoms with Crippen LogP contribution in [-0.4, -0.2) is 12.0 Å². The van der Waals surface area contributed by atoms with Crippen molar-refractivity contribution < 1.29 is 0 Å². The van der Waals surface area contributed by atoms with Crippen LogP contribution in [0.25, 0.3) is 0 Å². The lowest BCUT2D eigenvalue weighted by molar-refractivity contribution is 0.419. The summed E-state index contributed by atoms with van der Waals surface area (Å²) in [6.45, 7) is 0.939. The maximum Gasteiger partial charge on any atom is 0.0426 e. The highest BCUT2D eigenvalue weighted by atomic mass is 15.1. The van der Waals surface area contributed by atoms with Crippen molar-refractivity contribution in [3.63, 3.8) is 0 Å². The molecule has 1 aliphatic carbocycles. The summed E-state index contributed by atoms with van der Waals surface area (Å²) in [5.41, 5.74) is 4.09. The summed E-state index contributed by atoms with van der Waals surface area (Å²) in [7, 11) is 2.12. The number of rotatable bonds is 4. The SMILES string of the molecule is CN(Cc1ccc(C2CCC2)cc1)c1ccncc1. The number of aromatic nitrogens is 1. The van der Waals surface area contributed by atoms with Gasteiger partial charge in [-0.25, -0.2) is 0 Å². The lowest BCUT2D eigenvalue weighted by atomic mass is 9.80. The van der Waals surface area contributed by atoms with Gasteiger partial charge in [-0.05, 0) is 42.0 Å². The van der Waals surface area contributed by atoms with Gasteiger partial charge in [0.1, 0.15) is 0 Å². The maximum absolute atomic E-state index is 4.05. The largest absolute Gasteiger partial charge is 0.370 e. The number of pyridine rings is 1. The quantitative estimate of drug-likeness (QED) is 0.818. The summed E-state index contributed by atoms with van der Waals surface area (Å²) in [5, 5.41) is 0. The molecule has 0 aliphatic heterocycles. The van der Waals surface area contributed by atoms with Crippen LogP contribution >= 0.6 is 0 Å². The maximum atomic E-state index is 4.05. The van der Waals surface area contributed by atoms with E-state index >= 15 is 0 Å². The summed E-state index contributed by atoms with van der Waals surface area (Å²) < 4.78 is 0. The number of hydrogen-bond donors (Lipinski definition) is 0. The van der Waals surface area contributed by atoms with E-state index in [2.05, 4.69) is 41.2 Å². The van der Waals surface area contributed by atoms with Crippen molar-refractivity contribution >= 4 is 5.69 Å². The Kier molecular flexibility index (Phi) is 3.49. The first-order valence-corrected chi connectivity index (χ1v) is 7.03. The second kappa shape index (κ2) is 5.43. The van der Waals surface area contributed by atoms with E-state index in [9.17, 15) is 0 Å². The third-order valence-electron chi connectivity index (χ3n) is 4.08. The first-order valence-electron chi connectivity index (χ1n) is 7.03. The average molecular weight is 252 g/mol. The Morgan fingerprint density at radius 1 is 1.05 bits per heavy atom. The van der Waals surface area contributed by atoms with Gasteiger partial charge in [0.05, 0.1) is 0 Å². The van der Waals surface area contributed by atoms with Gasteiger partial charge >= 0.3 is 0 Å². The zero-order chi connectivity index (χ0) is 13.1. The highest BCUT2D eigenvalue weighted by molar-refractivity contribution is 5.44. The topological polar surface area (TPSA) is 16.1 Å². The van der Waals surface area contributed by atoms with Crippen LogP contribution in [0.4, 0.5) is 5.69 Å². The van der Waals surface area contributed by atoms with Crippen LogP contribution in [0.5, 0.6) is 0 Å². The normalized spacial score (nSPS) is 15.0. The molecule has 0 unspecified atom stereocenters. The Balaban J connectivity index is 1.66. The third kappa shape index (κ3) is 2.78. The van der Waals surface area contributed by atoms with Crippen LogP contribution in [0.1, 0.15) is 36.3 Å². The Morgan fingerprint density at radius 3 is 2.32 bits per heavy atom. The van der Waals surface area contributed by atoms with Gasteiger partial charge in [0.2, 0.25) is 0 Å². The fraction of sp³-hybridized carbons (Fsp3) is 0.353. The predicted molar refractivity (Wildman–Crippen MR) is 79.4 cm³/mol. The summed E-state index contributed by atoms with van der Waals surface area (Å²) in [5.74, 6) is 0.826. The highest BCUT2D eigenvalue weighted by Gasteiger charge is 2.18. The minimum Gasteiger partial charge on any atom is -0.370 e. The van der Waals surface area contributed by atoms with E-state index in [1.54, 1.807) is 0 Å². The molecule has 1 aromatic carbocycles. The molecular formula is C17H20N2. The fourth-order valence-electron chi connectivity index (χ4n) is 2.60. The van der Waals surface area contributed by atoms with Crippen LogP contribution < -0.4 is 4.90 Å². The van der Waals surface area contributed by atoms with Crippen LogP contribution in [0, 0.1) is 0 Å². The van der Waals surface area contributed by atoms with Crippen LogP contribution in [0.2, 0.25) is 0 Å². The van der Waals surface area contributed by atoms with Gasteiger partial charge in [-0.3, -0.25) is 4.98 Å². The van der Waals surface area contributed by atoms with E-state index in [1.165, 1.54) is 36.1 Å². The number of anilines is 1. The average Bonchev–Trinajstić information content (AvgIpc) is 2.40. The molecule has 1 saturated carbocycles. The Hall–Kier alpha value is -1.83. The molecule has 1 aromatic heterocycles. The Bertz CT molecular complexity index is 515. The molecule has 1 fully saturated rings. The van der Waals surface area contributed by atoms with Gasteiger partial charge in [-0.1, -0.05) is 30.7 Å². The molecule has 1 heterocycles. The predicted octanol–water partition coefficient (Wildman–Crippen LogP) is 3.99. The van der Waals surface area contributed by atoms with Crippen molar-refractivity contribution in [3.8, 4) is 0 Å². The molecule has 2 aromatic rings. The Labute approximate surface area is 115 Å². The van der Waals surface area contributed by atoms with Crippen molar-refractivity contribution in [2.45, 2.75) is 31.7 Å². The molecule has 1 aliphatic rings. The van der Waals surface area contributed by atoms with E-state index in [-0.39, 0.29) is 0 Å². The van der Waals surface area contributed by atoms with Crippen molar-refractivity contribution in [2.24, 2.45) is 0 Å². The molecule has 0 saturated heterocycles. The number of benzene rings is 1. The molecule has 19 heavy (non-hydrogen) atoms. The summed E-state index contributed by atoms with van der Waals surface area (Å²) >= 11 is 0. The Morgan fingerprint density at radius 2 is 1.74 bits per heavy atom. The molecular weight excluding hydrogens is 232 g/mol. The lowest BCUT2D eigenvalue weighted by Gasteiger charge is -2.26. The molecule has 0 amide bonds. The van der Waals surface area contributed by atoms with Gasteiger partial charge < -0.3 is 4.90 Å². The van der Waals surface area contributed by atoms with Gasteiger partial charge in [-0.2, -0.15) is 0 Å². The van der Waals surface area contributed by atoms with E-state index in [0.717, 1.165) is 12.5 Å². The zero-order valence-corrected chi connectivity index (χ0v) is 11.4. The molecule has 3 rings (SSSR count). The minimum absolute atomic E-state index is 0.826. The van der Waals surface area contributed by atoms with Crippen LogP contribution in [0.3, 0.4) is 0 Å². The molecule has 0 atom stereocenters. The molecule has 98 valence electrons. The molecule has 0 bridgehead atoms. The zero-order valence-electron chi connectivity index (χ0n) is 11.4. The highest BCUT2D eigenvalue weighted by Crippen LogP contribution is 2.36. The number of hydrogen-bond acceptors (Lipinski definition) is 2. The standard InChI is InChI=1S/C17H20N2/c1-19(17-9-11-18-12-10-17)13-14-5-7-16(8-6-14)15-3-2-4-15/h5-12,15H,2-4,13H2,1H3. The lowest BCUT2D eigenvalue weighted by Crippen LogP contribution is -2.16. The van der Waals surface area contributed by atoms with Crippen LogP contribution in [-0.2, 0) is 6.54 Å². The molecule has 2 heteroatoms. The first-order chi connectivity index (χ1) is 9.33. The second-order valence-electron chi connectivity index (χ2n) is 5.43. The van der Waals surface area contributed by atoms with Crippen molar-refractivity contribution in [3.05, 3.63) is 59.9 Å². The summed E-state index contributed by atoms with van der Waals surface area (Å²) in [6.07, 6.45) is 7.82. The van der Waals surface area contributed by atoms with E-state index < -0.39 is 0 Å². The fourth-order valence-corrected chi connectivity index (χ4v) is 2.60. The molecule has 2 nitrogen and oxygen atoms in total. The van der Waals surface area contributed by atoms with E-state index in [4.69, 9.17) is 0 Å². The molecule has 0 radical (unpaired) electrons. The van der Waals surface area contributed by atoms with Crippen molar-refractivity contribution in [1.29, 1.82) is 0 Å². The summed E-state index contributed by atoms with van der Waals surface area (Å²) in [6, 6.07) is 13.2. The molecule has 0 spiro atoms. The van der Waals surface area contributed by atoms with E-state index in [0.29, 0.717) is 0 Å². The van der Waals surface area contributed by atoms with Crippen molar-refractivity contribution in [1.82, 2.24) is 4.98 Å². The van der Waals surface area contributed by atoms with E-state index in [1.807, 2.05) is 24.5 Å². The van der Waals surface area contributed by atoms with Gasteiger partial charge in [0, 0.05) is 31.7 Å². The third-order valence-corrected chi connectivity index (χ3v) is 4.08. The van der Waals surface area contributed by atoms with Crippen LogP contribution in [0.15, 0.2) is 48.8 Å². The number of nitrogens with zero attached hydrogens (tertiary/aromatic N) is 2. The van der Waals surface area contributed by atoms with Gasteiger partial charge in [0.25, 0.3) is 0 Å². The smallest absolute Gasteiger partial charge is 0.0426 e.